The number of nitrogens with zero attached hydrogens (tertiary/aromatic N) is 1. The third kappa shape index (κ3) is 3.50. The summed E-state index contributed by atoms with van der Waals surface area (Å²) in [6, 6.07) is 3.01. The topological polar surface area (TPSA) is 36.2 Å². The molecular formula is C18H8F11NO2. The fourth-order valence-corrected chi connectivity index (χ4v) is 2.96. The predicted molar refractivity (Wildman–Crippen MR) is 84.3 cm³/mol. The van der Waals surface area contributed by atoms with Gasteiger partial charge in [0.05, 0.1) is 5.57 Å². The predicted octanol–water partition coefficient (Wildman–Crippen LogP) is 5.66. The van der Waals surface area contributed by atoms with E-state index >= 15 is 0 Å². The first-order valence-electron chi connectivity index (χ1n) is 8.26. The third-order valence-electron chi connectivity index (χ3n) is 4.55. The Bertz CT molecular complexity index is 1050. The molecule has 0 fully saturated rings. The number of aromatic nitrogens is 1. The van der Waals surface area contributed by atoms with Crippen molar-refractivity contribution in [2.24, 2.45) is 0 Å². The van der Waals surface area contributed by atoms with Crippen molar-refractivity contribution in [3.63, 3.8) is 0 Å². The van der Waals surface area contributed by atoms with Crippen LogP contribution in [0.2, 0.25) is 0 Å². The van der Waals surface area contributed by atoms with Crippen molar-refractivity contribution in [3.05, 3.63) is 70.7 Å². The van der Waals surface area contributed by atoms with E-state index in [4.69, 9.17) is 0 Å². The van der Waals surface area contributed by atoms with Gasteiger partial charge in [-0.3, -0.25) is 0 Å². The second-order valence-corrected chi connectivity index (χ2v) is 6.59. The Morgan fingerprint density at radius 1 is 0.812 bits per heavy atom. The molecule has 1 aliphatic rings. The molecule has 0 saturated heterocycles. The van der Waals surface area contributed by atoms with Crippen molar-refractivity contribution < 1.29 is 57.8 Å². The normalized spacial score (nSPS) is 16.8. The van der Waals surface area contributed by atoms with Crippen molar-refractivity contribution in [2.75, 3.05) is 0 Å². The molecule has 0 atom stereocenters. The number of alkyl halides is 11. The molecule has 32 heavy (non-hydrogen) atoms. The maximum absolute atomic E-state index is 13.8. The van der Waals surface area contributed by atoms with Crippen molar-refractivity contribution in [1.82, 2.24) is 0 Å². The van der Waals surface area contributed by atoms with Crippen molar-refractivity contribution in [2.45, 2.75) is 30.1 Å². The first-order valence-corrected chi connectivity index (χ1v) is 8.26. The fraction of sp³-hybridized carbons (Fsp3) is 0.278. The molecule has 0 N–H and O–H groups in total. The van der Waals surface area contributed by atoms with E-state index in [9.17, 15) is 53.5 Å². The summed E-state index contributed by atoms with van der Waals surface area (Å²) in [5.41, 5.74) is -9.84. The number of ether oxygens (including phenoxy) is 1. The lowest BCUT2D eigenvalue weighted by Gasteiger charge is -2.38. The first-order chi connectivity index (χ1) is 14.4. The molecular weight excluding hydrogens is 471 g/mol. The maximum atomic E-state index is 13.8. The molecule has 0 unspecified atom stereocenters. The molecule has 0 bridgehead atoms. The highest BCUT2D eigenvalue weighted by molar-refractivity contribution is 5.83. The van der Waals surface area contributed by atoms with E-state index in [0.29, 0.717) is 6.20 Å². The van der Waals surface area contributed by atoms with Crippen LogP contribution in [0.5, 0.6) is 5.75 Å². The van der Waals surface area contributed by atoms with Crippen LogP contribution in [0, 0.1) is 5.21 Å². The molecule has 174 valence electrons. The summed E-state index contributed by atoms with van der Waals surface area (Å²) in [4.78, 5) is 0. The van der Waals surface area contributed by atoms with Crippen LogP contribution in [0.25, 0.3) is 5.57 Å². The smallest absolute Gasteiger partial charge is 0.458 e. The van der Waals surface area contributed by atoms with Gasteiger partial charge in [-0.05, 0) is 30.3 Å². The van der Waals surface area contributed by atoms with E-state index in [1.165, 1.54) is 0 Å². The number of hydrogen-bond donors (Lipinski definition) is 0. The molecule has 3 nitrogen and oxygen atoms in total. The van der Waals surface area contributed by atoms with Crippen LogP contribution in [-0.2, 0) is 5.92 Å². The van der Waals surface area contributed by atoms with Gasteiger partial charge in [-0.25, -0.2) is 0 Å². The molecule has 2 heterocycles. The van der Waals surface area contributed by atoms with Crippen molar-refractivity contribution in [1.29, 1.82) is 0 Å². The third-order valence-corrected chi connectivity index (χ3v) is 4.55. The first kappa shape index (κ1) is 23.6. The minimum absolute atomic E-state index is 0.0109. The zero-order valence-electron chi connectivity index (χ0n) is 15.0. The number of fused-ring (bicyclic) bond motifs is 1. The molecule has 0 radical (unpaired) electrons. The van der Waals surface area contributed by atoms with Crippen molar-refractivity contribution in [3.8, 4) is 5.75 Å². The molecule has 0 saturated carbocycles. The van der Waals surface area contributed by atoms with Crippen LogP contribution >= 0.6 is 0 Å². The Balaban J connectivity index is 2.38. The summed E-state index contributed by atoms with van der Waals surface area (Å²) < 4.78 is 151. The molecule has 1 aromatic carbocycles. The minimum atomic E-state index is -6.15. The summed E-state index contributed by atoms with van der Waals surface area (Å²) in [6.45, 7) is 0. The molecule has 1 aromatic heterocycles. The summed E-state index contributed by atoms with van der Waals surface area (Å²) in [5.74, 6) is -6.80. The summed E-state index contributed by atoms with van der Waals surface area (Å²) in [5, 5.41) is 12.0. The summed E-state index contributed by atoms with van der Waals surface area (Å²) in [6.07, 6.45) is -18.3. The SMILES string of the molecule is [O-][n+]1ccccc1C1=CC(C(F)(F)F)(C(F)(F)F)Oc2ccc(C(F)(F)C(F)(F)F)cc21. The van der Waals surface area contributed by atoms with Crippen LogP contribution < -0.4 is 9.47 Å². The van der Waals surface area contributed by atoms with Gasteiger partial charge in [-0.1, -0.05) is 0 Å². The Morgan fingerprint density at radius 3 is 1.91 bits per heavy atom. The quantitative estimate of drug-likeness (QED) is 0.317. The zero-order chi connectivity index (χ0) is 24.3. The lowest BCUT2D eigenvalue weighted by Crippen LogP contribution is -2.60. The summed E-state index contributed by atoms with van der Waals surface area (Å²) >= 11 is 0. The fourth-order valence-electron chi connectivity index (χ4n) is 2.96. The van der Waals surface area contributed by atoms with E-state index in [2.05, 4.69) is 4.74 Å². The second-order valence-electron chi connectivity index (χ2n) is 6.59. The number of benzene rings is 1. The average molecular weight is 479 g/mol. The molecule has 1 aliphatic heterocycles. The highest BCUT2D eigenvalue weighted by Crippen LogP contribution is 2.54. The largest absolute Gasteiger partial charge is 0.618 e. The maximum Gasteiger partial charge on any atom is 0.458 e. The van der Waals surface area contributed by atoms with Crippen LogP contribution in [0.3, 0.4) is 0 Å². The number of hydrogen-bond acceptors (Lipinski definition) is 2. The van der Waals surface area contributed by atoms with Crippen LogP contribution in [0.4, 0.5) is 48.3 Å². The second kappa shape index (κ2) is 6.97. The van der Waals surface area contributed by atoms with Crippen LogP contribution in [-0.4, -0.2) is 24.1 Å². The highest BCUT2D eigenvalue weighted by atomic mass is 19.4. The molecule has 14 heteroatoms. The molecule has 0 aliphatic carbocycles. The molecule has 3 rings (SSSR count). The Labute approximate surface area is 170 Å². The number of pyridine rings is 1. The summed E-state index contributed by atoms with van der Waals surface area (Å²) in [7, 11) is 0. The van der Waals surface area contributed by atoms with Gasteiger partial charge in [0.2, 0.25) is 5.69 Å². The average Bonchev–Trinajstić information content (AvgIpc) is 2.64. The van der Waals surface area contributed by atoms with Gasteiger partial charge >= 0.3 is 30.1 Å². The Hall–Kier alpha value is -3.06. The Kier molecular flexibility index (Phi) is 5.14. The lowest BCUT2D eigenvalue weighted by molar-refractivity contribution is -0.608. The zero-order valence-corrected chi connectivity index (χ0v) is 15.0. The number of halogens is 11. The Morgan fingerprint density at radius 2 is 1.41 bits per heavy atom. The van der Waals surface area contributed by atoms with E-state index < -0.39 is 64.3 Å². The standard InChI is InChI=1S/C18H8F11NO2/c19-15(20,18(27,28)29)9-4-5-13-10(7-9)11(12-3-1-2-6-30(12)31)8-14(32-13,16(21,22)23)17(24,25)26/h1-8H. The van der Waals surface area contributed by atoms with Gasteiger partial charge in [0.15, 0.2) is 6.20 Å². The van der Waals surface area contributed by atoms with Gasteiger partial charge in [0.1, 0.15) is 5.75 Å². The van der Waals surface area contributed by atoms with Crippen LogP contribution in [0.1, 0.15) is 16.8 Å². The van der Waals surface area contributed by atoms with E-state index in [0.717, 1.165) is 18.2 Å². The van der Waals surface area contributed by atoms with Crippen molar-refractivity contribution >= 4 is 5.57 Å². The van der Waals surface area contributed by atoms with Gasteiger partial charge in [-0.2, -0.15) is 53.0 Å². The van der Waals surface area contributed by atoms with E-state index in [-0.39, 0.29) is 22.9 Å². The monoisotopic (exact) mass is 479 g/mol. The molecule has 0 amide bonds. The van der Waals surface area contributed by atoms with E-state index in [1.807, 2.05) is 0 Å². The van der Waals surface area contributed by atoms with Gasteiger partial charge in [-0.15, -0.1) is 0 Å². The molecule has 0 spiro atoms. The highest BCUT2D eigenvalue weighted by Gasteiger charge is 2.74. The lowest BCUT2D eigenvalue weighted by atomic mass is 9.87. The van der Waals surface area contributed by atoms with Gasteiger partial charge < -0.3 is 9.94 Å². The molecule has 2 aromatic rings. The minimum Gasteiger partial charge on any atom is -0.618 e. The van der Waals surface area contributed by atoms with Crippen LogP contribution in [0.15, 0.2) is 48.7 Å². The van der Waals surface area contributed by atoms with Gasteiger partial charge in [0.25, 0.3) is 0 Å². The van der Waals surface area contributed by atoms with E-state index in [1.54, 1.807) is 0 Å². The van der Waals surface area contributed by atoms with Gasteiger partial charge in [0, 0.05) is 23.3 Å². The number of rotatable bonds is 2.